The van der Waals surface area contributed by atoms with E-state index in [1.165, 1.54) is 12.1 Å². The minimum absolute atomic E-state index is 0.265. The van der Waals surface area contributed by atoms with Gasteiger partial charge < -0.3 is 5.11 Å². The summed E-state index contributed by atoms with van der Waals surface area (Å²) in [6.07, 6.45) is 2.09. The molecule has 2 aromatic carbocycles. The molecule has 0 fully saturated rings. The van der Waals surface area contributed by atoms with Crippen molar-refractivity contribution >= 4 is 12.3 Å². The zero-order valence-electron chi connectivity index (χ0n) is 10.4. The Morgan fingerprint density at radius 1 is 1.05 bits per heavy atom. The Kier molecular flexibility index (Phi) is 4.08. The molecular formula is C16H14O3. The lowest BCUT2D eigenvalue weighted by Gasteiger charge is -2.07. The van der Waals surface area contributed by atoms with Crippen molar-refractivity contribution in [1.82, 2.24) is 0 Å². The van der Waals surface area contributed by atoms with Crippen molar-refractivity contribution in [2.45, 2.75) is 12.8 Å². The number of aryl methyl sites for hydroxylation is 2. The lowest BCUT2D eigenvalue weighted by molar-refractivity contribution is 0.0695. The maximum atomic E-state index is 11.1. The van der Waals surface area contributed by atoms with Crippen LogP contribution in [0.3, 0.4) is 0 Å². The normalized spacial score (nSPS) is 10.1. The fraction of sp³-hybridized carbons (Fsp3) is 0.125. The van der Waals surface area contributed by atoms with E-state index in [1.54, 1.807) is 6.07 Å². The second-order valence-corrected chi connectivity index (χ2v) is 4.33. The fourth-order valence-electron chi connectivity index (χ4n) is 2.03. The summed E-state index contributed by atoms with van der Waals surface area (Å²) >= 11 is 0. The Morgan fingerprint density at radius 3 is 2.42 bits per heavy atom. The molecule has 0 atom stereocenters. The van der Waals surface area contributed by atoms with Crippen LogP contribution in [0.1, 0.15) is 31.8 Å². The number of carboxylic acids is 1. The van der Waals surface area contributed by atoms with Gasteiger partial charge >= 0.3 is 5.97 Å². The molecule has 3 nitrogen and oxygen atoms in total. The molecule has 0 aromatic heterocycles. The third-order valence-electron chi connectivity index (χ3n) is 3.02. The van der Waals surface area contributed by atoms with Crippen LogP contribution >= 0.6 is 0 Å². The van der Waals surface area contributed by atoms with Crippen molar-refractivity contribution in [3.8, 4) is 0 Å². The maximum Gasteiger partial charge on any atom is 0.335 e. The summed E-state index contributed by atoms with van der Waals surface area (Å²) < 4.78 is 0. The van der Waals surface area contributed by atoms with Gasteiger partial charge in [0.2, 0.25) is 0 Å². The largest absolute Gasteiger partial charge is 0.478 e. The molecule has 1 N–H and O–H groups in total. The van der Waals surface area contributed by atoms with Crippen LogP contribution in [0, 0.1) is 0 Å². The standard InChI is InChI=1S/C16H14O3/c17-11-13-7-9-15(16(18)19)14(10-13)8-6-12-4-2-1-3-5-12/h1-5,7,9-11H,6,8H2,(H,18,19). The van der Waals surface area contributed by atoms with Crippen LogP contribution in [-0.4, -0.2) is 17.4 Å². The molecule has 0 bridgehead atoms. The molecule has 2 aromatic rings. The molecule has 0 aliphatic carbocycles. The number of benzene rings is 2. The Hall–Kier alpha value is -2.42. The zero-order valence-corrected chi connectivity index (χ0v) is 10.4. The Balaban J connectivity index is 2.22. The number of aldehydes is 1. The van der Waals surface area contributed by atoms with Gasteiger partial charge in [0, 0.05) is 5.56 Å². The average molecular weight is 254 g/mol. The first-order valence-electron chi connectivity index (χ1n) is 6.06. The van der Waals surface area contributed by atoms with Gasteiger partial charge in [-0.15, -0.1) is 0 Å². The molecule has 0 aliphatic heterocycles. The summed E-state index contributed by atoms with van der Waals surface area (Å²) in [5, 5.41) is 9.14. The first-order valence-corrected chi connectivity index (χ1v) is 6.06. The second kappa shape index (κ2) is 5.96. The van der Waals surface area contributed by atoms with E-state index >= 15 is 0 Å². The number of carbonyl (C=O) groups excluding carboxylic acids is 1. The van der Waals surface area contributed by atoms with Crippen LogP contribution in [0.15, 0.2) is 48.5 Å². The SMILES string of the molecule is O=Cc1ccc(C(=O)O)c(CCc2ccccc2)c1. The van der Waals surface area contributed by atoms with E-state index in [0.717, 1.165) is 18.3 Å². The number of hydrogen-bond acceptors (Lipinski definition) is 2. The smallest absolute Gasteiger partial charge is 0.335 e. The van der Waals surface area contributed by atoms with Crippen molar-refractivity contribution in [2.75, 3.05) is 0 Å². The van der Waals surface area contributed by atoms with Gasteiger partial charge in [-0.3, -0.25) is 4.79 Å². The highest BCUT2D eigenvalue weighted by Gasteiger charge is 2.10. The van der Waals surface area contributed by atoms with Crippen molar-refractivity contribution < 1.29 is 14.7 Å². The first kappa shape index (κ1) is 13.0. The summed E-state index contributed by atoms with van der Waals surface area (Å²) in [4.78, 5) is 21.9. The molecule has 0 amide bonds. The molecule has 0 unspecified atom stereocenters. The van der Waals surface area contributed by atoms with Gasteiger partial charge in [-0.1, -0.05) is 36.4 Å². The number of rotatable bonds is 5. The highest BCUT2D eigenvalue weighted by molar-refractivity contribution is 5.90. The maximum absolute atomic E-state index is 11.1. The van der Waals surface area contributed by atoms with Gasteiger partial charge in [-0.05, 0) is 36.1 Å². The average Bonchev–Trinajstić information content (AvgIpc) is 2.45. The summed E-state index contributed by atoms with van der Waals surface area (Å²) in [7, 11) is 0. The topological polar surface area (TPSA) is 54.4 Å². The van der Waals surface area contributed by atoms with Crippen LogP contribution in [-0.2, 0) is 12.8 Å². The summed E-state index contributed by atoms with van der Waals surface area (Å²) in [6.45, 7) is 0. The van der Waals surface area contributed by atoms with E-state index in [9.17, 15) is 9.59 Å². The minimum atomic E-state index is -0.958. The van der Waals surface area contributed by atoms with E-state index < -0.39 is 5.97 Å². The van der Waals surface area contributed by atoms with Crippen molar-refractivity contribution in [2.24, 2.45) is 0 Å². The van der Waals surface area contributed by atoms with Crippen molar-refractivity contribution in [3.63, 3.8) is 0 Å². The zero-order chi connectivity index (χ0) is 13.7. The Labute approximate surface area is 111 Å². The van der Waals surface area contributed by atoms with E-state index in [-0.39, 0.29) is 5.56 Å². The van der Waals surface area contributed by atoms with Gasteiger partial charge in [-0.25, -0.2) is 4.79 Å². The van der Waals surface area contributed by atoms with Crippen molar-refractivity contribution in [1.29, 1.82) is 0 Å². The highest BCUT2D eigenvalue weighted by Crippen LogP contribution is 2.15. The molecule has 96 valence electrons. The Morgan fingerprint density at radius 2 is 1.79 bits per heavy atom. The summed E-state index contributed by atoms with van der Waals surface area (Å²) in [6, 6.07) is 14.5. The lowest BCUT2D eigenvalue weighted by Crippen LogP contribution is -2.04. The van der Waals surface area contributed by atoms with E-state index in [4.69, 9.17) is 5.11 Å². The van der Waals surface area contributed by atoms with Gasteiger partial charge in [0.1, 0.15) is 6.29 Å². The predicted octanol–water partition coefficient (Wildman–Crippen LogP) is 2.98. The predicted molar refractivity (Wildman–Crippen MR) is 72.6 cm³/mol. The van der Waals surface area contributed by atoms with Crippen LogP contribution in [0.25, 0.3) is 0 Å². The molecule has 0 radical (unpaired) electrons. The molecule has 0 saturated heterocycles. The number of hydrogen-bond donors (Lipinski definition) is 1. The molecule has 0 aliphatic rings. The molecule has 3 heteroatoms. The van der Waals surface area contributed by atoms with E-state index in [0.29, 0.717) is 17.5 Å². The fourth-order valence-corrected chi connectivity index (χ4v) is 2.03. The highest BCUT2D eigenvalue weighted by atomic mass is 16.4. The Bertz CT molecular complexity index is 588. The van der Waals surface area contributed by atoms with Crippen LogP contribution in [0.5, 0.6) is 0 Å². The van der Waals surface area contributed by atoms with E-state index in [1.807, 2.05) is 30.3 Å². The van der Waals surface area contributed by atoms with Gasteiger partial charge in [0.25, 0.3) is 0 Å². The lowest BCUT2D eigenvalue weighted by atomic mass is 9.98. The molecule has 0 saturated carbocycles. The molecule has 2 rings (SSSR count). The van der Waals surface area contributed by atoms with Crippen LogP contribution < -0.4 is 0 Å². The third kappa shape index (κ3) is 3.28. The third-order valence-corrected chi connectivity index (χ3v) is 3.02. The minimum Gasteiger partial charge on any atom is -0.478 e. The van der Waals surface area contributed by atoms with Gasteiger partial charge in [0.15, 0.2) is 0 Å². The van der Waals surface area contributed by atoms with Gasteiger partial charge in [-0.2, -0.15) is 0 Å². The van der Waals surface area contributed by atoms with Crippen molar-refractivity contribution in [3.05, 3.63) is 70.8 Å². The summed E-state index contributed by atoms with van der Waals surface area (Å²) in [5.41, 5.74) is 2.62. The van der Waals surface area contributed by atoms with Crippen LogP contribution in [0.2, 0.25) is 0 Å². The first-order chi connectivity index (χ1) is 9.20. The quantitative estimate of drug-likeness (QED) is 0.834. The van der Waals surface area contributed by atoms with Crippen LogP contribution in [0.4, 0.5) is 0 Å². The molecule has 0 heterocycles. The second-order valence-electron chi connectivity index (χ2n) is 4.33. The van der Waals surface area contributed by atoms with E-state index in [2.05, 4.69) is 0 Å². The number of carboxylic acid groups (broad SMARTS) is 1. The molecule has 0 spiro atoms. The summed E-state index contributed by atoms with van der Waals surface area (Å²) in [5.74, 6) is -0.958. The molecular weight excluding hydrogens is 240 g/mol. The monoisotopic (exact) mass is 254 g/mol. The number of carbonyl (C=O) groups is 2. The van der Waals surface area contributed by atoms with Gasteiger partial charge in [0.05, 0.1) is 5.56 Å². The number of aromatic carboxylic acids is 1. The molecule has 19 heavy (non-hydrogen) atoms.